The number of rotatable bonds is 7. The first-order chi connectivity index (χ1) is 16.5. The fourth-order valence-electron chi connectivity index (χ4n) is 3.65. The SMILES string of the molecule is COc1ccccc1S(=O)(=O)/C(=C/c1cccc(/C=C/c2ccccc2)c1)c1ccc(C)cc1. The van der Waals surface area contributed by atoms with Crippen LogP contribution in [0.5, 0.6) is 5.75 Å². The first-order valence-corrected chi connectivity index (χ1v) is 12.5. The summed E-state index contributed by atoms with van der Waals surface area (Å²) in [5.74, 6) is 0.319. The summed E-state index contributed by atoms with van der Waals surface area (Å²) in [6.07, 6.45) is 5.79. The van der Waals surface area contributed by atoms with E-state index in [1.807, 2.05) is 97.9 Å². The average molecular weight is 467 g/mol. The summed E-state index contributed by atoms with van der Waals surface area (Å²) in [4.78, 5) is 0.366. The van der Waals surface area contributed by atoms with Crippen LogP contribution in [0.25, 0.3) is 23.1 Å². The lowest BCUT2D eigenvalue weighted by Crippen LogP contribution is -2.06. The van der Waals surface area contributed by atoms with Crippen LogP contribution in [0, 0.1) is 6.92 Å². The number of methoxy groups -OCH3 is 1. The van der Waals surface area contributed by atoms with Crippen molar-refractivity contribution in [2.45, 2.75) is 11.8 Å². The van der Waals surface area contributed by atoms with E-state index < -0.39 is 9.84 Å². The van der Waals surface area contributed by atoms with E-state index in [0.29, 0.717) is 11.3 Å². The number of hydrogen-bond acceptors (Lipinski definition) is 3. The van der Waals surface area contributed by atoms with Crippen molar-refractivity contribution in [3.8, 4) is 5.75 Å². The van der Waals surface area contributed by atoms with Gasteiger partial charge in [-0.25, -0.2) is 8.42 Å². The molecule has 4 heteroatoms. The van der Waals surface area contributed by atoms with Crippen LogP contribution in [0.4, 0.5) is 0 Å². The molecule has 0 spiro atoms. The third-order valence-corrected chi connectivity index (χ3v) is 7.31. The fourth-order valence-corrected chi connectivity index (χ4v) is 5.30. The van der Waals surface area contributed by atoms with Gasteiger partial charge in [-0.1, -0.05) is 103 Å². The van der Waals surface area contributed by atoms with E-state index in [-0.39, 0.29) is 9.80 Å². The van der Waals surface area contributed by atoms with Gasteiger partial charge in [-0.3, -0.25) is 0 Å². The highest BCUT2D eigenvalue weighted by Gasteiger charge is 2.25. The van der Waals surface area contributed by atoms with Crippen LogP contribution in [0.15, 0.2) is 108 Å². The molecule has 0 aromatic heterocycles. The van der Waals surface area contributed by atoms with E-state index in [1.54, 1.807) is 30.3 Å². The maximum absolute atomic E-state index is 13.8. The van der Waals surface area contributed by atoms with E-state index in [1.165, 1.54) is 7.11 Å². The van der Waals surface area contributed by atoms with Crippen molar-refractivity contribution in [1.29, 1.82) is 0 Å². The second kappa shape index (κ2) is 10.4. The summed E-state index contributed by atoms with van der Waals surface area (Å²) in [6.45, 7) is 1.98. The molecule has 0 radical (unpaired) electrons. The Morgan fingerprint density at radius 3 is 2.06 bits per heavy atom. The van der Waals surface area contributed by atoms with Gasteiger partial charge in [-0.05, 0) is 53.5 Å². The summed E-state index contributed by atoms with van der Waals surface area (Å²) in [7, 11) is -2.38. The first kappa shape index (κ1) is 23.3. The highest BCUT2D eigenvalue weighted by Crippen LogP contribution is 2.35. The Bertz CT molecular complexity index is 1430. The van der Waals surface area contributed by atoms with Crippen molar-refractivity contribution in [3.63, 3.8) is 0 Å². The Hall–Kier alpha value is -3.89. The van der Waals surface area contributed by atoms with E-state index in [4.69, 9.17) is 4.74 Å². The topological polar surface area (TPSA) is 43.4 Å². The van der Waals surface area contributed by atoms with Crippen molar-refractivity contribution >= 4 is 33.0 Å². The fraction of sp³-hybridized carbons (Fsp3) is 0.0667. The predicted octanol–water partition coefficient (Wildman–Crippen LogP) is 7.15. The number of aryl methyl sites for hydroxylation is 1. The highest BCUT2D eigenvalue weighted by atomic mass is 32.2. The molecule has 0 aliphatic heterocycles. The molecule has 0 aliphatic rings. The van der Waals surface area contributed by atoms with Crippen molar-refractivity contribution in [2.75, 3.05) is 7.11 Å². The molecule has 34 heavy (non-hydrogen) atoms. The number of hydrogen-bond donors (Lipinski definition) is 0. The molecule has 0 heterocycles. The molecule has 4 aromatic rings. The monoisotopic (exact) mass is 466 g/mol. The van der Waals surface area contributed by atoms with Crippen LogP contribution in [0.1, 0.15) is 27.8 Å². The van der Waals surface area contributed by atoms with Crippen LogP contribution in [-0.4, -0.2) is 15.5 Å². The molecular weight excluding hydrogens is 440 g/mol. The van der Waals surface area contributed by atoms with Gasteiger partial charge >= 0.3 is 0 Å². The molecule has 0 N–H and O–H groups in total. The molecule has 0 saturated carbocycles. The van der Waals surface area contributed by atoms with Gasteiger partial charge in [0.1, 0.15) is 10.6 Å². The highest BCUT2D eigenvalue weighted by molar-refractivity contribution is 8.01. The molecular formula is C30H26O3S. The minimum absolute atomic E-state index is 0.143. The van der Waals surface area contributed by atoms with Crippen LogP contribution >= 0.6 is 0 Å². The van der Waals surface area contributed by atoms with E-state index in [9.17, 15) is 8.42 Å². The molecule has 0 atom stereocenters. The standard InChI is InChI=1S/C30H26O3S/c1-23-15-19-27(20-16-23)30(34(31,32)29-14-7-6-13-28(29)33-2)22-26-12-8-11-25(21-26)18-17-24-9-4-3-5-10-24/h3-22H,1-2H3/b18-17+,30-22+. The number of ether oxygens (including phenoxy) is 1. The van der Waals surface area contributed by atoms with E-state index in [0.717, 1.165) is 22.3 Å². The molecule has 0 saturated heterocycles. The molecule has 4 aromatic carbocycles. The zero-order valence-electron chi connectivity index (χ0n) is 19.2. The van der Waals surface area contributed by atoms with Crippen molar-refractivity contribution in [1.82, 2.24) is 0 Å². The summed E-state index contributed by atoms with van der Waals surface area (Å²) in [5.41, 5.74) is 4.56. The maximum atomic E-state index is 13.8. The normalized spacial score (nSPS) is 12.1. The van der Waals surface area contributed by atoms with Crippen molar-refractivity contribution < 1.29 is 13.2 Å². The first-order valence-electron chi connectivity index (χ1n) is 11.0. The molecule has 0 fully saturated rings. The second-order valence-electron chi connectivity index (χ2n) is 7.94. The van der Waals surface area contributed by atoms with Gasteiger partial charge in [0.15, 0.2) is 0 Å². The van der Waals surface area contributed by atoms with Crippen molar-refractivity contribution in [3.05, 3.63) is 131 Å². The molecule has 0 unspecified atom stereocenters. The minimum Gasteiger partial charge on any atom is -0.495 e. The lowest BCUT2D eigenvalue weighted by atomic mass is 10.1. The molecule has 4 rings (SSSR count). The summed E-state index contributed by atoms with van der Waals surface area (Å²) in [5, 5.41) is 0. The summed E-state index contributed by atoms with van der Waals surface area (Å²) >= 11 is 0. The molecule has 170 valence electrons. The Morgan fingerprint density at radius 1 is 0.706 bits per heavy atom. The Morgan fingerprint density at radius 2 is 1.32 bits per heavy atom. The van der Waals surface area contributed by atoms with Crippen molar-refractivity contribution in [2.24, 2.45) is 0 Å². The zero-order chi connectivity index (χ0) is 24.0. The van der Waals surface area contributed by atoms with Crippen LogP contribution < -0.4 is 4.74 Å². The van der Waals surface area contributed by atoms with Gasteiger partial charge in [-0.15, -0.1) is 0 Å². The molecule has 0 bridgehead atoms. The van der Waals surface area contributed by atoms with Gasteiger partial charge in [0.25, 0.3) is 0 Å². The van der Waals surface area contributed by atoms with E-state index in [2.05, 4.69) is 0 Å². The minimum atomic E-state index is -3.86. The quantitative estimate of drug-likeness (QED) is 0.272. The maximum Gasteiger partial charge on any atom is 0.210 e. The lowest BCUT2D eigenvalue weighted by molar-refractivity contribution is 0.403. The largest absolute Gasteiger partial charge is 0.495 e. The number of sulfone groups is 1. The predicted molar refractivity (Wildman–Crippen MR) is 141 cm³/mol. The summed E-state index contributed by atoms with van der Waals surface area (Å²) in [6, 6.07) is 32.1. The van der Waals surface area contributed by atoms with Gasteiger partial charge in [0.05, 0.1) is 12.0 Å². The number of benzene rings is 4. The Balaban J connectivity index is 1.81. The Kier molecular flexibility index (Phi) is 7.09. The second-order valence-corrected chi connectivity index (χ2v) is 9.83. The molecule has 0 aliphatic carbocycles. The van der Waals surface area contributed by atoms with Gasteiger partial charge in [0, 0.05) is 0 Å². The molecule has 3 nitrogen and oxygen atoms in total. The number of para-hydroxylation sites is 1. The van der Waals surface area contributed by atoms with Crippen LogP contribution in [0.3, 0.4) is 0 Å². The zero-order valence-corrected chi connectivity index (χ0v) is 20.0. The third-order valence-electron chi connectivity index (χ3n) is 5.46. The lowest BCUT2D eigenvalue weighted by Gasteiger charge is -2.13. The Labute approximate surface area is 201 Å². The van der Waals surface area contributed by atoms with Gasteiger partial charge < -0.3 is 4.74 Å². The summed E-state index contributed by atoms with van der Waals surface area (Å²) < 4.78 is 33.0. The van der Waals surface area contributed by atoms with Crippen LogP contribution in [-0.2, 0) is 9.84 Å². The molecule has 0 amide bonds. The van der Waals surface area contributed by atoms with Gasteiger partial charge in [-0.2, -0.15) is 0 Å². The van der Waals surface area contributed by atoms with E-state index >= 15 is 0 Å². The average Bonchev–Trinajstić information content (AvgIpc) is 2.87. The van der Waals surface area contributed by atoms with Gasteiger partial charge in [0.2, 0.25) is 9.84 Å². The van der Waals surface area contributed by atoms with Crippen LogP contribution in [0.2, 0.25) is 0 Å². The third kappa shape index (κ3) is 5.36. The smallest absolute Gasteiger partial charge is 0.210 e.